The Bertz CT molecular complexity index is 429. The molecule has 1 fully saturated rings. The lowest BCUT2D eigenvalue weighted by molar-refractivity contribution is 0.115. The zero-order chi connectivity index (χ0) is 12.3. The van der Waals surface area contributed by atoms with Crippen molar-refractivity contribution in [2.24, 2.45) is 0 Å². The predicted octanol–water partition coefficient (Wildman–Crippen LogP) is 1.43. The highest BCUT2D eigenvalue weighted by Gasteiger charge is 2.20. The number of likely N-dealkylation sites (N-methyl/N-ethyl adjacent to an activating group) is 1. The molecular weight excluding hydrogens is 242 g/mol. The molecule has 1 aliphatic rings. The van der Waals surface area contributed by atoms with Gasteiger partial charge in [0.2, 0.25) is 0 Å². The third-order valence-corrected chi connectivity index (χ3v) is 3.31. The van der Waals surface area contributed by atoms with Gasteiger partial charge in [-0.25, -0.2) is 5.10 Å². The third kappa shape index (κ3) is 2.79. The Balaban J connectivity index is 2.16. The highest BCUT2D eigenvalue weighted by Crippen LogP contribution is 2.22. The summed E-state index contributed by atoms with van der Waals surface area (Å²) in [5.41, 5.74) is 0.323. The highest BCUT2D eigenvalue weighted by atomic mass is 35.5. The predicted molar refractivity (Wildman–Crippen MR) is 66.7 cm³/mol. The molecule has 1 unspecified atom stereocenters. The number of aromatic nitrogens is 2. The minimum atomic E-state index is -0.352. The Hall–Kier alpha value is -1.07. The average molecular weight is 258 g/mol. The van der Waals surface area contributed by atoms with Crippen molar-refractivity contribution in [3.63, 3.8) is 0 Å². The Labute approximate surface area is 105 Å². The van der Waals surface area contributed by atoms with Crippen LogP contribution in [-0.2, 0) is 4.74 Å². The minimum Gasteiger partial charge on any atom is -0.376 e. The molecule has 2 heterocycles. The maximum atomic E-state index is 11.4. The molecule has 0 radical (unpaired) electrons. The van der Waals surface area contributed by atoms with Crippen LogP contribution in [0, 0.1) is 0 Å². The Morgan fingerprint density at radius 1 is 1.71 bits per heavy atom. The summed E-state index contributed by atoms with van der Waals surface area (Å²) in [6.07, 6.45) is 3.97. The summed E-state index contributed by atoms with van der Waals surface area (Å²) < 4.78 is 5.59. The Kier molecular flexibility index (Phi) is 4.02. The van der Waals surface area contributed by atoms with Crippen LogP contribution < -0.4 is 10.5 Å². The van der Waals surface area contributed by atoms with Crippen LogP contribution in [0.15, 0.2) is 11.0 Å². The number of hydrogen-bond acceptors (Lipinski definition) is 4. The van der Waals surface area contributed by atoms with E-state index in [1.165, 1.54) is 0 Å². The number of halogens is 1. The lowest BCUT2D eigenvalue weighted by Crippen LogP contribution is -2.33. The van der Waals surface area contributed by atoms with E-state index in [1.807, 2.05) is 11.8 Å². The largest absolute Gasteiger partial charge is 0.376 e. The van der Waals surface area contributed by atoms with Gasteiger partial charge in [-0.05, 0) is 19.8 Å². The van der Waals surface area contributed by atoms with Crippen molar-refractivity contribution >= 4 is 17.3 Å². The number of hydrogen-bond donors (Lipinski definition) is 1. The normalized spacial score (nSPS) is 19.5. The number of rotatable bonds is 4. The fraction of sp³-hybridized carbons (Fsp3) is 0.636. The van der Waals surface area contributed by atoms with Crippen LogP contribution in [0.4, 0.5) is 5.69 Å². The van der Waals surface area contributed by atoms with Crippen LogP contribution in [0.2, 0.25) is 5.02 Å². The van der Waals surface area contributed by atoms with E-state index in [0.717, 1.165) is 32.5 Å². The first-order valence-electron chi connectivity index (χ1n) is 5.82. The summed E-state index contributed by atoms with van der Waals surface area (Å²) in [6, 6.07) is 0. The van der Waals surface area contributed by atoms with Crippen LogP contribution in [0.5, 0.6) is 0 Å². The summed E-state index contributed by atoms with van der Waals surface area (Å²) in [6.45, 7) is 4.36. The zero-order valence-electron chi connectivity index (χ0n) is 9.78. The molecular formula is C11H16ClN3O2. The van der Waals surface area contributed by atoms with Gasteiger partial charge in [0.05, 0.1) is 18.0 Å². The van der Waals surface area contributed by atoms with E-state index in [-0.39, 0.29) is 16.7 Å². The Morgan fingerprint density at radius 3 is 3.18 bits per heavy atom. The Morgan fingerprint density at radius 2 is 2.53 bits per heavy atom. The van der Waals surface area contributed by atoms with Crippen molar-refractivity contribution in [2.75, 3.05) is 24.6 Å². The lowest BCUT2D eigenvalue weighted by atomic mass is 10.2. The molecule has 5 nitrogen and oxygen atoms in total. The van der Waals surface area contributed by atoms with Crippen molar-refractivity contribution in [1.82, 2.24) is 10.2 Å². The SMILES string of the molecule is CCN(CC1CCCO1)c1cn[nH]c(=O)c1Cl. The molecule has 2 rings (SSSR count). The van der Waals surface area contributed by atoms with Crippen molar-refractivity contribution in [3.8, 4) is 0 Å². The van der Waals surface area contributed by atoms with Gasteiger partial charge in [-0.2, -0.15) is 5.10 Å². The standard InChI is InChI=1S/C11H16ClN3O2/c1-2-15(7-8-4-3-5-17-8)9-6-13-14-11(16)10(9)12/h6,8H,2-5,7H2,1H3,(H,14,16). The molecule has 6 heteroatoms. The fourth-order valence-electron chi connectivity index (χ4n) is 2.03. The number of ether oxygens (including phenoxy) is 1. The molecule has 0 amide bonds. The van der Waals surface area contributed by atoms with Crippen LogP contribution in [0.3, 0.4) is 0 Å². The van der Waals surface area contributed by atoms with Crippen molar-refractivity contribution in [2.45, 2.75) is 25.9 Å². The molecule has 0 saturated carbocycles. The zero-order valence-corrected chi connectivity index (χ0v) is 10.5. The molecule has 0 aliphatic carbocycles. The van der Waals surface area contributed by atoms with E-state index < -0.39 is 0 Å². The molecule has 1 aromatic heterocycles. The monoisotopic (exact) mass is 257 g/mol. The summed E-state index contributed by atoms with van der Waals surface area (Å²) in [5, 5.41) is 6.30. The van der Waals surface area contributed by atoms with Gasteiger partial charge in [0.1, 0.15) is 5.02 Å². The van der Waals surface area contributed by atoms with Crippen LogP contribution >= 0.6 is 11.6 Å². The number of H-pyrrole nitrogens is 1. The van der Waals surface area contributed by atoms with Gasteiger partial charge in [-0.1, -0.05) is 11.6 Å². The maximum absolute atomic E-state index is 11.4. The van der Waals surface area contributed by atoms with Crippen molar-refractivity contribution < 1.29 is 4.74 Å². The maximum Gasteiger partial charge on any atom is 0.285 e. The molecule has 1 N–H and O–H groups in total. The number of aromatic amines is 1. The minimum absolute atomic E-state index is 0.194. The molecule has 1 atom stereocenters. The molecule has 17 heavy (non-hydrogen) atoms. The van der Waals surface area contributed by atoms with E-state index in [2.05, 4.69) is 10.2 Å². The van der Waals surface area contributed by atoms with Crippen molar-refractivity contribution in [1.29, 1.82) is 0 Å². The summed E-state index contributed by atoms with van der Waals surface area (Å²) in [5.74, 6) is 0. The second-order valence-corrected chi connectivity index (χ2v) is 4.45. The van der Waals surface area contributed by atoms with E-state index in [0.29, 0.717) is 5.69 Å². The van der Waals surface area contributed by atoms with Gasteiger partial charge in [0, 0.05) is 19.7 Å². The molecule has 1 aromatic rings. The van der Waals surface area contributed by atoms with Crippen LogP contribution in [-0.4, -0.2) is 36.0 Å². The molecule has 1 saturated heterocycles. The highest BCUT2D eigenvalue weighted by molar-refractivity contribution is 6.32. The second kappa shape index (κ2) is 5.51. The number of nitrogens with one attached hydrogen (secondary N) is 1. The van der Waals surface area contributed by atoms with Gasteiger partial charge in [-0.3, -0.25) is 4.79 Å². The molecule has 1 aliphatic heterocycles. The van der Waals surface area contributed by atoms with E-state index in [9.17, 15) is 4.79 Å². The second-order valence-electron chi connectivity index (χ2n) is 4.07. The molecule has 94 valence electrons. The quantitative estimate of drug-likeness (QED) is 0.887. The van der Waals surface area contributed by atoms with E-state index in [4.69, 9.17) is 16.3 Å². The van der Waals surface area contributed by atoms with Crippen LogP contribution in [0.25, 0.3) is 0 Å². The average Bonchev–Trinajstić information content (AvgIpc) is 2.83. The van der Waals surface area contributed by atoms with Gasteiger partial charge in [0.25, 0.3) is 5.56 Å². The summed E-state index contributed by atoms with van der Waals surface area (Å²) in [4.78, 5) is 13.4. The summed E-state index contributed by atoms with van der Waals surface area (Å²) in [7, 11) is 0. The van der Waals surface area contributed by atoms with Crippen molar-refractivity contribution in [3.05, 3.63) is 21.6 Å². The topological polar surface area (TPSA) is 58.2 Å². The fourth-order valence-corrected chi connectivity index (χ4v) is 2.24. The molecule has 0 aromatic carbocycles. The first-order chi connectivity index (χ1) is 8.22. The van der Waals surface area contributed by atoms with E-state index >= 15 is 0 Å². The first kappa shape index (κ1) is 12.4. The first-order valence-corrected chi connectivity index (χ1v) is 6.20. The van der Waals surface area contributed by atoms with Gasteiger partial charge in [0.15, 0.2) is 0 Å². The lowest BCUT2D eigenvalue weighted by Gasteiger charge is -2.25. The van der Waals surface area contributed by atoms with Gasteiger partial charge in [-0.15, -0.1) is 0 Å². The van der Waals surface area contributed by atoms with Gasteiger partial charge < -0.3 is 9.64 Å². The smallest absolute Gasteiger partial charge is 0.285 e. The van der Waals surface area contributed by atoms with Crippen LogP contribution in [0.1, 0.15) is 19.8 Å². The molecule has 0 spiro atoms. The van der Waals surface area contributed by atoms with E-state index in [1.54, 1.807) is 6.20 Å². The number of nitrogens with zero attached hydrogens (tertiary/aromatic N) is 2. The molecule has 0 bridgehead atoms. The van der Waals surface area contributed by atoms with Gasteiger partial charge >= 0.3 is 0 Å². The third-order valence-electron chi connectivity index (χ3n) is 2.95. The number of anilines is 1. The summed E-state index contributed by atoms with van der Waals surface area (Å²) >= 11 is 5.99.